The molecule has 0 bridgehead atoms. The lowest BCUT2D eigenvalue weighted by atomic mass is 10.2. The van der Waals surface area contributed by atoms with E-state index in [1.807, 2.05) is 13.1 Å². The van der Waals surface area contributed by atoms with Gasteiger partial charge in [0, 0.05) is 23.9 Å². The lowest BCUT2D eigenvalue weighted by Gasteiger charge is -1.96. The molecule has 0 radical (unpaired) electrons. The number of aryl methyl sites for hydroxylation is 1. The van der Waals surface area contributed by atoms with E-state index >= 15 is 0 Å². The van der Waals surface area contributed by atoms with Gasteiger partial charge in [0.15, 0.2) is 5.82 Å². The minimum Gasteiger partial charge on any atom is -0.241 e. The number of rotatable bonds is 0. The molecular weight excluding hydrogens is 126 g/mol. The van der Waals surface area contributed by atoms with Crippen LogP contribution in [0.25, 0.3) is 0 Å². The van der Waals surface area contributed by atoms with Gasteiger partial charge < -0.3 is 0 Å². The Morgan fingerprint density at radius 1 is 1.40 bits per heavy atom. The van der Waals surface area contributed by atoms with Gasteiger partial charge in [-0.15, -0.1) is 0 Å². The molecule has 0 fully saturated rings. The first-order chi connectivity index (χ1) is 4.88. The van der Waals surface area contributed by atoms with Crippen LogP contribution in [0.4, 0.5) is 5.82 Å². The number of hydrogen-bond donors (Lipinski definition) is 0. The number of aromatic nitrogens is 2. The molecule has 0 amide bonds. The summed E-state index contributed by atoms with van der Waals surface area (Å²) >= 11 is 0. The van der Waals surface area contributed by atoms with Gasteiger partial charge in [-0.1, -0.05) is 0 Å². The van der Waals surface area contributed by atoms with Gasteiger partial charge in [0.1, 0.15) is 6.33 Å². The van der Waals surface area contributed by atoms with Crippen molar-refractivity contribution in [3.05, 3.63) is 17.6 Å². The van der Waals surface area contributed by atoms with Crippen LogP contribution in [0.15, 0.2) is 11.3 Å². The second-order valence-corrected chi connectivity index (χ2v) is 2.28. The Labute approximate surface area is 58.9 Å². The molecular formula is C7H7N3. The maximum absolute atomic E-state index is 4.08. The quantitative estimate of drug-likeness (QED) is 0.530. The Morgan fingerprint density at radius 2 is 2.30 bits per heavy atom. The number of hydrogen-bond acceptors (Lipinski definition) is 3. The molecule has 0 atom stereocenters. The highest BCUT2D eigenvalue weighted by Crippen LogP contribution is 2.21. The van der Waals surface area contributed by atoms with E-state index < -0.39 is 0 Å². The van der Waals surface area contributed by atoms with Crippen molar-refractivity contribution in [3.8, 4) is 0 Å². The first-order valence-electron chi connectivity index (χ1n) is 3.21. The zero-order valence-corrected chi connectivity index (χ0v) is 5.70. The summed E-state index contributed by atoms with van der Waals surface area (Å²) in [5.74, 6) is 0.840. The van der Waals surface area contributed by atoms with Gasteiger partial charge in [0.2, 0.25) is 0 Å². The van der Waals surface area contributed by atoms with Gasteiger partial charge in [-0.3, -0.25) is 0 Å². The lowest BCUT2D eigenvalue weighted by molar-refractivity contribution is 1.06. The molecule has 0 N–H and O–H groups in total. The molecule has 0 spiro atoms. The highest BCUT2D eigenvalue weighted by atomic mass is 15.0. The fourth-order valence-corrected chi connectivity index (χ4v) is 1.06. The smallest absolute Gasteiger partial charge is 0.158 e. The van der Waals surface area contributed by atoms with Crippen molar-refractivity contribution >= 4 is 12.0 Å². The van der Waals surface area contributed by atoms with Crippen LogP contribution in [0, 0.1) is 6.92 Å². The summed E-state index contributed by atoms with van der Waals surface area (Å²) in [4.78, 5) is 12.2. The van der Waals surface area contributed by atoms with E-state index in [2.05, 4.69) is 15.0 Å². The molecule has 2 rings (SSSR count). The average molecular weight is 133 g/mol. The molecule has 3 heteroatoms. The topological polar surface area (TPSA) is 38.1 Å². The predicted molar refractivity (Wildman–Crippen MR) is 38.6 cm³/mol. The van der Waals surface area contributed by atoms with E-state index in [0.717, 1.165) is 17.9 Å². The fourth-order valence-electron chi connectivity index (χ4n) is 1.06. The molecule has 0 saturated carbocycles. The van der Waals surface area contributed by atoms with E-state index in [0.29, 0.717) is 0 Å². The average Bonchev–Trinajstić information content (AvgIpc) is 2.36. The molecule has 0 saturated heterocycles. The molecule has 0 unspecified atom stereocenters. The van der Waals surface area contributed by atoms with Gasteiger partial charge in [-0.05, 0) is 6.92 Å². The Kier molecular flexibility index (Phi) is 1.03. The molecule has 0 aromatic carbocycles. The summed E-state index contributed by atoms with van der Waals surface area (Å²) < 4.78 is 0. The van der Waals surface area contributed by atoms with Crippen LogP contribution in [-0.4, -0.2) is 16.2 Å². The summed E-state index contributed by atoms with van der Waals surface area (Å²) in [6, 6.07) is 0. The van der Waals surface area contributed by atoms with Crippen molar-refractivity contribution in [2.75, 3.05) is 0 Å². The summed E-state index contributed by atoms with van der Waals surface area (Å²) in [5.41, 5.74) is 2.21. The maximum atomic E-state index is 4.08. The minimum atomic E-state index is 0.840. The highest BCUT2D eigenvalue weighted by Gasteiger charge is 2.09. The minimum absolute atomic E-state index is 0.840. The van der Waals surface area contributed by atoms with Crippen LogP contribution in [0.5, 0.6) is 0 Å². The molecule has 10 heavy (non-hydrogen) atoms. The molecule has 1 aromatic heterocycles. The Bertz CT molecular complexity index is 291. The summed E-state index contributed by atoms with van der Waals surface area (Å²) in [6.07, 6.45) is 4.31. The van der Waals surface area contributed by atoms with Crippen molar-refractivity contribution in [3.63, 3.8) is 0 Å². The monoisotopic (exact) mass is 133 g/mol. The molecule has 1 aliphatic heterocycles. The van der Waals surface area contributed by atoms with Gasteiger partial charge in [0.25, 0.3) is 0 Å². The SMILES string of the molecule is Cc1ncnc2c1CC=N2. The summed E-state index contributed by atoms with van der Waals surface area (Å²) in [5, 5.41) is 0. The van der Waals surface area contributed by atoms with Gasteiger partial charge in [0.05, 0.1) is 0 Å². The van der Waals surface area contributed by atoms with E-state index in [1.54, 1.807) is 6.33 Å². The van der Waals surface area contributed by atoms with Crippen LogP contribution < -0.4 is 0 Å². The zero-order chi connectivity index (χ0) is 6.97. The van der Waals surface area contributed by atoms with E-state index in [4.69, 9.17) is 0 Å². The van der Waals surface area contributed by atoms with Crippen molar-refractivity contribution < 1.29 is 0 Å². The fraction of sp³-hybridized carbons (Fsp3) is 0.286. The zero-order valence-electron chi connectivity index (χ0n) is 5.70. The van der Waals surface area contributed by atoms with Crippen LogP contribution in [-0.2, 0) is 6.42 Å². The normalized spacial score (nSPS) is 13.7. The van der Waals surface area contributed by atoms with Crippen LogP contribution in [0.2, 0.25) is 0 Å². The molecule has 3 nitrogen and oxygen atoms in total. The van der Waals surface area contributed by atoms with E-state index in [1.165, 1.54) is 5.56 Å². The first-order valence-corrected chi connectivity index (χ1v) is 3.21. The van der Waals surface area contributed by atoms with Crippen molar-refractivity contribution in [2.24, 2.45) is 4.99 Å². The van der Waals surface area contributed by atoms with Gasteiger partial charge >= 0.3 is 0 Å². The third-order valence-corrected chi connectivity index (χ3v) is 1.65. The molecule has 50 valence electrons. The largest absolute Gasteiger partial charge is 0.241 e. The van der Waals surface area contributed by atoms with Crippen LogP contribution in [0.1, 0.15) is 11.3 Å². The maximum Gasteiger partial charge on any atom is 0.158 e. The highest BCUT2D eigenvalue weighted by molar-refractivity contribution is 5.74. The van der Waals surface area contributed by atoms with Gasteiger partial charge in [-0.2, -0.15) is 0 Å². The first kappa shape index (κ1) is 5.53. The Hall–Kier alpha value is -1.25. The second-order valence-electron chi connectivity index (χ2n) is 2.28. The van der Waals surface area contributed by atoms with E-state index in [-0.39, 0.29) is 0 Å². The predicted octanol–water partition coefficient (Wildman–Crippen LogP) is 1.04. The van der Waals surface area contributed by atoms with Crippen molar-refractivity contribution in [1.82, 2.24) is 9.97 Å². The van der Waals surface area contributed by atoms with Crippen LogP contribution >= 0.6 is 0 Å². The Morgan fingerprint density at radius 3 is 3.10 bits per heavy atom. The summed E-state index contributed by atoms with van der Waals surface area (Å²) in [6.45, 7) is 1.98. The third-order valence-electron chi connectivity index (χ3n) is 1.65. The molecule has 2 heterocycles. The van der Waals surface area contributed by atoms with Crippen molar-refractivity contribution in [1.29, 1.82) is 0 Å². The Balaban J connectivity index is 2.66. The van der Waals surface area contributed by atoms with E-state index in [9.17, 15) is 0 Å². The standard InChI is InChI=1S/C7H7N3/c1-5-6-2-3-8-7(6)10-4-9-5/h3-4H,2H2,1H3. The number of fused-ring (bicyclic) bond motifs is 1. The second kappa shape index (κ2) is 1.87. The number of nitrogens with zero attached hydrogens (tertiary/aromatic N) is 3. The summed E-state index contributed by atoms with van der Waals surface area (Å²) in [7, 11) is 0. The van der Waals surface area contributed by atoms with Crippen LogP contribution in [0.3, 0.4) is 0 Å². The molecule has 1 aromatic rings. The van der Waals surface area contributed by atoms with Gasteiger partial charge in [-0.25, -0.2) is 15.0 Å². The lowest BCUT2D eigenvalue weighted by Crippen LogP contribution is -1.90. The van der Waals surface area contributed by atoms with Crippen molar-refractivity contribution in [2.45, 2.75) is 13.3 Å². The number of aliphatic imine (C=N–C) groups is 1. The molecule has 1 aliphatic rings. The third kappa shape index (κ3) is 0.635. The molecule has 0 aliphatic carbocycles.